The number of carbonyl (C=O) groups excluding carboxylic acids is 2. The highest BCUT2D eigenvalue weighted by Gasteiger charge is 2.28. The molecule has 1 fully saturated rings. The van der Waals surface area contributed by atoms with Crippen molar-refractivity contribution in [3.63, 3.8) is 0 Å². The van der Waals surface area contributed by atoms with Gasteiger partial charge in [-0.2, -0.15) is 5.10 Å². The molecule has 8 heteroatoms. The van der Waals surface area contributed by atoms with Crippen LogP contribution in [0, 0.1) is 5.92 Å². The summed E-state index contributed by atoms with van der Waals surface area (Å²) < 4.78 is 1.73. The average Bonchev–Trinajstić information content (AvgIpc) is 3.34. The lowest BCUT2D eigenvalue weighted by Gasteiger charge is -2.30. The minimum Gasteiger partial charge on any atom is -0.339 e. The number of amidine groups is 1. The van der Waals surface area contributed by atoms with Crippen molar-refractivity contribution in [2.75, 3.05) is 18.4 Å². The maximum absolute atomic E-state index is 13.1. The summed E-state index contributed by atoms with van der Waals surface area (Å²) in [6.07, 6.45) is 3.21. The first-order valence-corrected chi connectivity index (χ1v) is 10.5. The standard InChI is InChI=1S/C23H24N6O2/c1-14(30)15-7-10-29(11-8-15)23(31)21-18-6-5-17(12-19(18)28(2)27-21)26-22-20-16(13-25-22)4-3-9-24-20/h3-6,9,12,15H,7-8,10-11,13H2,1-2H3,(H,25,26). The Morgan fingerprint density at radius 2 is 1.97 bits per heavy atom. The zero-order chi connectivity index (χ0) is 21.5. The van der Waals surface area contributed by atoms with Gasteiger partial charge < -0.3 is 10.2 Å². The third-order valence-electron chi connectivity index (χ3n) is 6.20. The smallest absolute Gasteiger partial charge is 0.275 e. The van der Waals surface area contributed by atoms with Crippen molar-refractivity contribution in [2.24, 2.45) is 18.0 Å². The fourth-order valence-corrected chi connectivity index (χ4v) is 4.39. The number of nitrogens with one attached hydrogen (secondary N) is 1. The molecule has 0 atom stereocenters. The maximum Gasteiger partial charge on any atom is 0.275 e. The molecule has 1 aromatic carbocycles. The highest BCUT2D eigenvalue weighted by molar-refractivity contribution is 6.11. The Morgan fingerprint density at radius 3 is 2.74 bits per heavy atom. The van der Waals surface area contributed by atoms with Gasteiger partial charge in [-0.3, -0.25) is 24.2 Å². The van der Waals surface area contributed by atoms with E-state index in [-0.39, 0.29) is 17.6 Å². The summed E-state index contributed by atoms with van der Waals surface area (Å²) in [5, 5.41) is 8.69. The van der Waals surface area contributed by atoms with E-state index in [9.17, 15) is 9.59 Å². The Labute approximate surface area is 180 Å². The fraction of sp³-hybridized carbons (Fsp3) is 0.348. The zero-order valence-corrected chi connectivity index (χ0v) is 17.6. The van der Waals surface area contributed by atoms with Crippen LogP contribution in [0.1, 0.15) is 41.5 Å². The predicted molar refractivity (Wildman–Crippen MR) is 118 cm³/mol. The number of anilines is 1. The molecule has 4 heterocycles. The number of pyridine rings is 1. The number of Topliss-reactive ketones (excluding diaryl/α,β-unsaturated/α-hetero) is 1. The summed E-state index contributed by atoms with van der Waals surface area (Å²) in [4.78, 5) is 35.5. The van der Waals surface area contributed by atoms with Gasteiger partial charge in [-0.15, -0.1) is 0 Å². The Morgan fingerprint density at radius 1 is 1.16 bits per heavy atom. The van der Waals surface area contributed by atoms with Crippen molar-refractivity contribution in [1.29, 1.82) is 0 Å². The van der Waals surface area contributed by atoms with Crippen LogP contribution in [0.2, 0.25) is 0 Å². The van der Waals surface area contributed by atoms with Crippen LogP contribution >= 0.6 is 0 Å². The summed E-state index contributed by atoms with van der Waals surface area (Å²) in [5.41, 5.74) is 4.17. The lowest BCUT2D eigenvalue weighted by Crippen LogP contribution is -2.40. The molecule has 0 radical (unpaired) electrons. The van der Waals surface area contributed by atoms with E-state index in [1.54, 1.807) is 17.8 Å². The second-order valence-corrected chi connectivity index (χ2v) is 8.18. The number of amides is 1. The molecular weight excluding hydrogens is 392 g/mol. The molecule has 1 amide bonds. The largest absolute Gasteiger partial charge is 0.339 e. The van der Waals surface area contributed by atoms with Crippen LogP contribution in [-0.4, -0.2) is 50.3 Å². The van der Waals surface area contributed by atoms with Crippen LogP contribution in [0.15, 0.2) is 41.5 Å². The molecule has 0 bridgehead atoms. The molecule has 1 saturated heterocycles. The molecule has 0 aliphatic carbocycles. The summed E-state index contributed by atoms with van der Waals surface area (Å²) in [5.74, 6) is 0.949. The van der Waals surface area contributed by atoms with Crippen LogP contribution in [-0.2, 0) is 18.4 Å². The Hall–Kier alpha value is -3.55. The number of hydrogen-bond donors (Lipinski definition) is 1. The lowest BCUT2D eigenvalue weighted by atomic mass is 9.93. The highest BCUT2D eigenvalue weighted by atomic mass is 16.2. The van der Waals surface area contributed by atoms with Gasteiger partial charge in [-0.25, -0.2) is 0 Å². The van der Waals surface area contributed by atoms with Crippen LogP contribution in [0.25, 0.3) is 10.9 Å². The van der Waals surface area contributed by atoms with Gasteiger partial charge in [-0.05, 0) is 44.0 Å². The second kappa shape index (κ2) is 7.61. The van der Waals surface area contributed by atoms with Crippen molar-refractivity contribution < 1.29 is 9.59 Å². The van der Waals surface area contributed by atoms with E-state index >= 15 is 0 Å². The highest BCUT2D eigenvalue weighted by Crippen LogP contribution is 2.26. The van der Waals surface area contributed by atoms with Crippen LogP contribution < -0.4 is 5.32 Å². The lowest BCUT2D eigenvalue weighted by molar-refractivity contribution is -0.121. The number of rotatable bonds is 3. The van der Waals surface area contributed by atoms with E-state index in [1.807, 2.05) is 42.3 Å². The summed E-state index contributed by atoms with van der Waals surface area (Å²) in [6, 6.07) is 9.79. The summed E-state index contributed by atoms with van der Waals surface area (Å²) in [6.45, 7) is 3.43. The third kappa shape index (κ3) is 3.48. The first-order valence-electron chi connectivity index (χ1n) is 10.5. The second-order valence-electron chi connectivity index (χ2n) is 8.18. The van der Waals surface area contributed by atoms with E-state index in [2.05, 4.69) is 20.4 Å². The quantitative estimate of drug-likeness (QED) is 0.709. The number of aryl methyl sites for hydroxylation is 1. The number of piperidine rings is 1. The van der Waals surface area contributed by atoms with Gasteiger partial charge in [0.05, 0.1) is 12.1 Å². The maximum atomic E-state index is 13.1. The molecule has 2 aliphatic rings. The molecule has 5 rings (SSSR count). The summed E-state index contributed by atoms with van der Waals surface area (Å²) in [7, 11) is 1.84. The molecular formula is C23H24N6O2. The molecule has 1 N–H and O–H groups in total. The Bertz CT molecular complexity index is 1220. The first kappa shape index (κ1) is 19.4. The molecule has 2 aromatic heterocycles. The molecule has 0 saturated carbocycles. The van der Waals surface area contributed by atoms with Crippen molar-refractivity contribution in [3.8, 4) is 0 Å². The number of benzene rings is 1. The molecule has 2 aliphatic heterocycles. The molecule has 3 aromatic rings. The molecule has 0 spiro atoms. The molecule has 158 valence electrons. The molecule has 8 nitrogen and oxygen atoms in total. The van der Waals surface area contributed by atoms with E-state index < -0.39 is 0 Å². The zero-order valence-electron chi connectivity index (χ0n) is 17.6. The SMILES string of the molecule is CC(=O)C1CCN(C(=O)c2nn(C)c3cc(NC4=NCc5cccnc54)ccc23)CC1. The number of nitrogens with zero attached hydrogens (tertiary/aromatic N) is 5. The Kier molecular flexibility index (Phi) is 4.77. The van der Waals surface area contributed by atoms with E-state index in [4.69, 9.17) is 0 Å². The number of ketones is 1. The van der Waals surface area contributed by atoms with Gasteiger partial charge in [0.1, 0.15) is 11.5 Å². The number of fused-ring (bicyclic) bond motifs is 2. The first-order chi connectivity index (χ1) is 15.0. The fourth-order valence-electron chi connectivity index (χ4n) is 4.39. The topological polar surface area (TPSA) is 92.5 Å². The van der Waals surface area contributed by atoms with Gasteiger partial charge in [0.2, 0.25) is 0 Å². The van der Waals surface area contributed by atoms with Crippen molar-refractivity contribution in [2.45, 2.75) is 26.3 Å². The Balaban J connectivity index is 1.38. The van der Waals surface area contributed by atoms with Gasteiger partial charge in [0.25, 0.3) is 5.91 Å². The predicted octanol–water partition coefficient (Wildman–Crippen LogP) is 2.78. The average molecular weight is 416 g/mol. The number of aliphatic imine (C=N–C) groups is 1. The normalized spacial score (nSPS) is 16.3. The number of aromatic nitrogens is 3. The minimum absolute atomic E-state index is 0.0660. The molecule has 31 heavy (non-hydrogen) atoms. The monoisotopic (exact) mass is 416 g/mol. The molecule has 0 unspecified atom stereocenters. The van der Waals surface area contributed by atoms with Gasteiger partial charge in [-0.1, -0.05) is 6.07 Å². The van der Waals surface area contributed by atoms with Gasteiger partial charge in [0.15, 0.2) is 11.5 Å². The third-order valence-corrected chi connectivity index (χ3v) is 6.20. The van der Waals surface area contributed by atoms with Crippen molar-refractivity contribution in [3.05, 3.63) is 53.5 Å². The van der Waals surface area contributed by atoms with Crippen molar-refractivity contribution >= 4 is 34.1 Å². The van der Waals surface area contributed by atoms with Gasteiger partial charge >= 0.3 is 0 Å². The van der Waals surface area contributed by atoms with Crippen LogP contribution in [0.3, 0.4) is 0 Å². The van der Waals surface area contributed by atoms with Crippen LogP contribution in [0.4, 0.5) is 5.69 Å². The number of hydrogen-bond acceptors (Lipinski definition) is 6. The number of likely N-dealkylation sites (tertiary alicyclic amines) is 1. The van der Waals surface area contributed by atoms with Crippen LogP contribution in [0.5, 0.6) is 0 Å². The van der Waals surface area contributed by atoms with Crippen molar-refractivity contribution in [1.82, 2.24) is 19.7 Å². The van der Waals surface area contributed by atoms with E-state index in [1.165, 1.54) is 0 Å². The van der Waals surface area contributed by atoms with E-state index in [0.29, 0.717) is 25.3 Å². The number of carbonyl (C=O) groups is 2. The summed E-state index contributed by atoms with van der Waals surface area (Å²) >= 11 is 0. The van der Waals surface area contributed by atoms with E-state index in [0.717, 1.165) is 46.5 Å². The minimum atomic E-state index is -0.0772. The van der Waals surface area contributed by atoms with Gasteiger partial charge in [0, 0.05) is 48.9 Å².